The highest BCUT2D eigenvalue weighted by atomic mass is 79.9. The van der Waals surface area contributed by atoms with E-state index in [1.54, 1.807) is 18.2 Å². The van der Waals surface area contributed by atoms with Crippen LogP contribution in [0.3, 0.4) is 0 Å². The molecule has 1 heterocycles. The van der Waals surface area contributed by atoms with Crippen molar-refractivity contribution in [2.45, 2.75) is 6.54 Å². The van der Waals surface area contributed by atoms with Crippen molar-refractivity contribution in [2.75, 3.05) is 0 Å². The van der Waals surface area contributed by atoms with Crippen LogP contribution >= 0.6 is 39.1 Å². The second kappa shape index (κ2) is 5.21. The molecule has 6 heteroatoms. The van der Waals surface area contributed by atoms with Gasteiger partial charge in [0.15, 0.2) is 0 Å². The van der Waals surface area contributed by atoms with Gasteiger partial charge in [0.2, 0.25) is 0 Å². The molecule has 0 saturated heterocycles. The molecule has 0 aliphatic rings. The standard InChI is InChI=1S/C11H7BrCl2N2O/c12-9-4-15-6-16(11(9)17)5-7-3-8(13)1-2-10(7)14/h1-4,6H,5H2. The van der Waals surface area contributed by atoms with Crippen LogP contribution in [-0.4, -0.2) is 9.55 Å². The SMILES string of the molecule is O=c1c(Br)cncn1Cc1cc(Cl)ccc1Cl. The summed E-state index contributed by atoms with van der Waals surface area (Å²) < 4.78 is 1.87. The molecule has 88 valence electrons. The van der Waals surface area contributed by atoms with Gasteiger partial charge >= 0.3 is 0 Å². The van der Waals surface area contributed by atoms with E-state index in [0.717, 1.165) is 5.56 Å². The summed E-state index contributed by atoms with van der Waals surface area (Å²) in [4.78, 5) is 15.7. The van der Waals surface area contributed by atoms with Crippen molar-refractivity contribution in [1.29, 1.82) is 0 Å². The number of hydrogen-bond acceptors (Lipinski definition) is 2. The van der Waals surface area contributed by atoms with Crippen LogP contribution in [0.4, 0.5) is 0 Å². The quantitative estimate of drug-likeness (QED) is 0.844. The molecule has 0 radical (unpaired) electrons. The maximum absolute atomic E-state index is 11.8. The number of benzene rings is 1. The minimum Gasteiger partial charge on any atom is -0.294 e. The Hall–Kier alpha value is -0.840. The number of aromatic nitrogens is 2. The van der Waals surface area contributed by atoms with E-state index in [9.17, 15) is 4.79 Å². The summed E-state index contributed by atoms with van der Waals surface area (Å²) in [6, 6.07) is 5.14. The zero-order valence-electron chi connectivity index (χ0n) is 8.53. The van der Waals surface area contributed by atoms with Crippen molar-refractivity contribution in [3.63, 3.8) is 0 Å². The van der Waals surface area contributed by atoms with Crippen molar-refractivity contribution >= 4 is 39.1 Å². The fourth-order valence-corrected chi connectivity index (χ4v) is 2.10. The van der Waals surface area contributed by atoms with Crippen LogP contribution in [-0.2, 0) is 6.54 Å². The van der Waals surface area contributed by atoms with Gasteiger partial charge in [0.05, 0.1) is 12.9 Å². The van der Waals surface area contributed by atoms with E-state index in [1.165, 1.54) is 17.1 Å². The minimum absolute atomic E-state index is 0.156. The summed E-state index contributed by atoms with van der Waals surface area (Å²) in [5, 5.41) is 1.15. The van der Waals surface area contributed by atoms with E-state index in [0.29, 0.717) is 21.1 Å². The highest BCUT2D eigenvalue weighted by Crippen LogP contribution is 2.21. The lowest BCUT2D eigenvalue weighted by Gasteiger charge is -2.07. The Kier molecular flexibility index (Phi) is 3.86. The molecule has 2 rings (SSSR count). The van der Waals surface area contributed by atoms with Crippen LogP contribution in [0.5, 0.6) is 0 Å². The van der Waals surface area contributed by atoms with E-state index in [2.05, 4.69) is 20.9 Å². The topological polar surface area (TPSA) is 34.9 Å². The van der Waals surface area contributed by atoms with Crippen LogP contribution < -0.4 is 5.56 Å². The van der Waals surface area contributed by atoms with Gasteiger partial charge in [-0.25, -0.2) is 4.98 Å². The molecule has 0 fully saturated rings. The smallest absolute Gasteiger partial charge is 0.267 e. The van der Waals surface area contributed by atoms with E-state index in [4.69, 9.17) is 23.2 Å². The molecule has 17 heavy (non-hydrogen) atoms. The van der Waals surface area contributed by atoms with Crippen LogP contribution in [0.15, 0.2) is 40.0 Å². The first-order valence-corrected chi connectivity index (χ1v) is 6.26. The molecule has 0 N–H and O–H groups in total. The summed E-state index contributed by atoms with van der Waals surface area (Å²) in [5.41, 5.74) is 0.622. The molecule has 0 atom stereocenters. The van der Waals surface area contributed by atoms with Gasteiger partial charge in [0.1, 0.15) is 4.47 Å². The monoisotopic (exact) mass is 332 g/mol. The Balaban J connectivity index is 2.41. The van der Waals surface area contributed by atoms with Gasteiger partial charge in [-0.05, 0) is 39.7 Å². The summed E-state index contributed by atoms with van der Waals surface area (Å²) in [7, 11) is 0. The highest BCUT2D eigenvalue weighted by molar-refractivity contribution is 9.10. The van der Waals surface area contributed by atoms with Crippen LogP contribution in [0.2, 0.25) is 10.0 Å². The minimum atomic E-state index is -0.156. The predicted octanol–water partition coefficient (Wildman–Crippen LogP) is 3.36. The second-order valence-electron chi connectivity index (χ2n) is 3.41. The molecule has 3 nitrogen and oxygen atoms in total. The first-order valence-electron chi connectivity index (χ1n) is 4.72. The van der Waals surface area contributed by atoms with Gasteiger partial charge in [-0.3, -0.25) is 9.36 Å². The first-order chi connectivity index (χ1) is 8.08. The average Bonchev–Trinajstić information content (AvgIpc) is 2.30. The fourth-order valence-electron chi connectivity index (χ4n) is 1.38. The summed E-state index contributed by atoms with van der Waals surface area (Å²) in [6.45, 7) is 0.338. The van der Waals surface area contributed by atoms with Crippen LogP contribution in [0.1, 0.15) is 5.56 Å². The van der Waals surface area contributed by atoms with Gasteiger partial charge < -0.3 is 0 Å². The molecule has 0 amide bonds. The van der Waals surface area contributed by atoms with E-state index in [1.807, 2.05) is 0 Å². The number of nitrogens with zero attached hydrogens (tertiary/aromatic N) is 2. The summed E-state index contributed by atoms with van der Waals surface area (Å²) in [5.74, 6) is 0. The van der Waals surface area contributed by atoms with Crippen molar-refractivity contribution < 1.29 is 0 Å². The maximum atomic E-state index is 11.8. The van der Waals surface area contributed by atoms with Gasteiger partial charge in [-0.2, -0.15) is 0 Å². The molecule has 0 spiro atoms. The summed E-state index contributed by atoms with van der Waals surface area (Å²) in [6.07, 6.45) is 2.92. The van der Waals surface area contributed by atoms with E-state index >= 15 is 0 Å². The van der Waals surface area contributed by atoms with Gasteiger partial charge in [0, 0.05) is 16.2 Å². The molecule has 2 aromatic rings. The maximum Gasteiger partial charge on any atom is 0.267 e. The predicted molar refractivity (Wildman–Crippen MR) is 71.8 cm³/mol. The van der Waals surface area contributed by atoms with Crippen molar-refractivity contribution in [1.82, 2.24) is 9.55 Å². The molecular formula is C11H7BrCl2N2O. The van der Waals surface area contributed by atoms with E-state index < -0.39 is 0 Å². The Bertz CT molecular complexity index is 613. The molecule has 0 unspecified atom stereocenters. The number of rotatable bonds is 2. The van der Waals surface area contributed by atoms with Crippen molar-refractivity contribution in [3.05, 3.63) is 61.2 Å². The largest absolute Gasteiger partial charge is 0.294 e. The van der Waals surface area contributed by atoms with Crippen LogP contribution in [0.25, 0.3) is 0 Å². The zero-order chi connectivity index (χ0) is 12.4. The third-order valence-corrected chi connectivity index (χ3v) is 3.36. The third kappa shape index (κ3) is 2.89. The lowest BCUT2D eigenvalue weighted by molar-refractivity contribution is 0.731. The molecule has 0 aliphatic carbocycles. The van der Waals surface area contributed by atoms with Gasteiger partial charge in [0.25, 0.3) is 5.56 Å². The third-order valence-electron chi connectivity index (χ3n) is 2.21. The van der Waals surface area contributed by atoms with Crippen LogP contribution in [0, 0.1) is 0 Å². The molecule has 1 aromatic heterocycles. The molecular weight excluding hydrogens is 327 g/mol. The molecule has 0 bridgehead atoms. The Morgan fingerprint density at radius 3 is 2.88 bits per heavy atom. The number of halogens is 3. The molecule has 0 aliphatic heterocycles. The van der Waals surface area contributed by atoms with Gasteiger partial charge in [-0.15, -0.1) is 0 Å². The molecule has 0 saturated carbocycles. The fraction of sp³-hybridized carbons (Fsp3) is 0.0909. The Labute approximate surface area is 116 Å². The number of hydrogen-bond donors (Lipinski definition) is 0. The summed E-state index contributed by atoms with van der Waals surface area (Å²) >= 11 is 15.1. The highest BCUT2D eigenvalue weighted by Gasteiger charge is 2.05. The first kappa shape index (κ1) is 12.6. The van der Waals surface area contributed by atoms with E-state index in [-0.39, 0.29) is 5.56 Å². The van der Waals surface area contributed by atoms with Gasteiger partial charge in [-0.1, -0.05) is 23.2 Å². The Morgan fingerprint density at radius 2 is 2.12 bits per heavy atom. The second-order valence-corrected chi connectivity index (χ2v) is 5.11. The molecule has 1 aromatic carbocycles. The zero-order valence-corrected chi connectivity index (χ0v) is 11.6. The van der Waals surface area contributed by atoms with Crippen molar-refractivity contribution in [3.8, 4) is 0 Å². The normalized spacial score (nSPS) is 10.5. The lowest BCUT2D eigenvalue weighted by atomic mass is 10.2. The average molecular weight is 334 g/mol. The lowest BCUT2D eigenvalue weighted by Crippen LogP contribution is -2.21. The Morgan fingerprint density at radius 1 is 1.35 bits per heavy atom. The van der Waals surface area contributed by atoms with Crippen molar-refractivity contribution in [2.24, 2.45) is 0 Å².